The molecule has 0 aromatic carbocycles. The van der Waals surface area contributed by atoms with Gasteiger partial charge >= 0.3 is 0 Å². The van der Waals surface area contributed by atoms with Crippen LogP contribution in [0.15, 0.2) is 0 Å². The summed E-state index contributed by atoms with van der Waals surface area (Å²) in [5.41, 5.74) is 0. The van der Waals surface area contributed by atoms with Crippen LogP contribution in [-0.4, -0.2) is 37.6 Å². The molecule has 2 nitrogen and oxygen atoms in total. The SMILES string of the molecule is CC.CC(C)CC1CCN(CC2CCNCC2)CC1. The molecular formula is C17H36N2. The average molecular weight is 268 g/mol. The summed E-state index contributed by atoms with van der Waals surface area (Å²) in [5, 5.41) is 3.46. The van der Waals surface area contributed by atoms with Crippen LogP contribution in [0.5, 0.6) is 0 Å². The van der Waals surface area contributed by atoms with E-state index in [-0.39, 0.29) is 0 Å². The Kier molecular flexibility index (Phi) is 8.72. The Balaban J connectivity index is 0.000000861. The van der Waals surface area contributed by atoms with Crippen molar-refractivity contribution >= 4 is 0 Å². The number of nitrogens with one attached hydrogen (secondary N) is 1. The zero-order valence-electron chi connectivity index (χ0n) is 13.8. The first-order valence-electron chi connectivity index (χ1n) is 8.67. The maximum atomic E-state index is 3.46. The molecule has 19 heavy (non-hydrogen) atoms. The molecule has 0 aromatic rings. The fourth-order valence-corrected chi connectivity index (χ4v) is 3.50. The van der Waals surface area contributed by atoms with Crippen LogP contribution in [0, 0.1) is 17.8 Å². The van der Waals surface area contributed by atoms with E-state index in [0.29, 0.717) is 0 Å². The van der Waals surface area contributed by atoms with Gasteiger partial charge in [-0.2, -0.15) is 0 Å². The lowest BCUT2D eigenvalue weighted by Crippen LogP contribution is -2.40. The van der Waals surface area contributed by atoms with Crippen LogP contribution in [0.25, 0.3) is 0 Å². The van der Waals surface area contributed by atoms with Crippen LogP contribution in [0.3, 0.4) is 0 Å². The van der Waals surface area contributed by atoms with E-state index >= 15 is 0 Å². The number of rotatable bonds is 4. The zero-order chi connectivity index (χ0) is 14.1. The van der Waals surface area contributed by atoms with E-state index in [1.54, 1.807) is 0 Å². The third-order valence-electron chi connectivity index (χ3n) is 4.49. The molecule has 114 valence electrons. The zero-order valence-corrected chi connectivity index (χ0v) is 13.8. The molecule has 2 heterocycles. The molecule has 0 unspecified atom stereocenters. The molecule has 1 N–H and O–H groups in total. The number of nitrogens with zero attached hydrogens (tertiary/aromatic N) is 1. The lowest BCUT2D eigenvalue weighted by molar-refractivity contribution is 0.139. The highest BCUT2D eigenvalue weighted by molar-refractivity contribution is 4.77. The lowest BCUT2D eigenvalue weighted by atomic mass is 9.88. The van der Waals surface area contributed by atoms with Gasteiger partial charge in [0.15, 0.2) is 0 Å². The first-order chi connectivity index (χ1) is 9.24. The normalized spacial score (nSPS) is 23.2. The van der Waals surface area contributed by atoms with E-state index < -0.39 is 0 Å². The summed E-state index contributed by atoms with van der Waals surface area (Å²) >= 11 is 0. The summed E-state index contributed by atoms with van der Waals surface area (Å²) in [6.07, 6.45) is 7.13. The van der Waals surface area contributed by atoms with Crippen molar-refractivity contribution in [3.05, 3.63) is 0 Å². The van der Waals surface area contributed by atoms with Gasteiger partial charge in [-0.05, 0) is 76.0 Å². The summed E-state index contributed by atoms with van der Waals surface area (Å²) < 4.78 is 0. The van der Waals surface area contributed by atoms with E-state index in [2.05, 4.69) is 24.1 Å². The minimum absolute atomic E-state index is 0.885. The first-order valence-corrected chi connectivity index (χ1v) is 8.67. The van der Waals surface area contributed by atoms with Crippen molar-refractivity contribution in [2.75, 3.05) is 32.7 Å². The summed E-state index contributed by atoms with van der Waals surface area (Å²) in [6, 6.07) is 0. The summed E-state index contributed by atoms with van der Waals surface area (Å²) in [4.78, 5) is 2.73. The van der Waals surface area contributed by atoms with E-state index in [1.165, 1.54) is 64.8 Å². The van der Waals surface area contributed by atoms with Gasteiger partial charge in [0.25, 0.3) is 0 Å². The minimum Gasteiger partial charge on any atom is -0.317 e. The van der Waals surface area contributed by atoms with Gasteiger partial charge in [-0.25, -0.2) is 0 Å². The second kappa shape index (κ2) is 9.77. The molecule has 2 aliphatic rings. The maximum absolute atomic E-state index is 3.46. The Bertz CT molecular complexity index is 201. The fraction of sp³-hybridized carbons (Fsp3) is 1.00. The van der Waals surface area contributed by atoms with E-state index in [9.17, 15) is 0 Å². The van der Waals surface area contributed by atoms with Crippen LogP contribution >= 0.6 is 0 Å². The van der Waals surface area contributed by atoms with Crippen molar-refractivity contribution in [2.45, 2.75) is 59.8 Å². The molecule has 0 aromatic heterocycles. The van der Waals surface area contributed by atoms with Gasteiger partial charge in [0.1, 0.15) is 0 Å². The van der Waals surface area contributed by atoms with Gasteiger partial charge < -0.3 is 10.2 Å². The van der Waals surface area contributed by atoms with E-state index in [0.717, 1.165) is 17.8 Å². The topological polar surface area (TPSA) is 15.3 Å². The second-order valence-electron chi connectivity index (χ2n) is 6.57. The average Bonchev–Trinajstić information content (AvgIpc) is 2.44. The van der Waals surface area contributed by atoms with Crippen LogP contribution in [0.2, 0.25) is 0 Å². The molecule has 2 rings (SSSR count). The molecule has 0 radical (unpaired) electrons. The number of likely N-dealkylation sites (tertiary alicyclic amines) is 1. The smallest absolute Gasteiger partial charge is 0.00106 e. The molecular weight excluding hydrogens is 232 g/mol. The predicted octanol–water partition coefficient (Wildman–Crippen LogP) is 3.77. The highest BCUT2D eigenvalue weighted by Crippen LogP contribution is 2.25. The number of hydrogen-bond acceptors (Lipinski definition) is 2. The molecule has 2 heteroatoms. The van der Waals surface area contributed by atoms with Crippen molar-refractivity contribution < 1.29 is 0 Å². The van der Waals surface area contributed by atoms with Crippen LogP contribution in [0.4, 0.5) is 0 Å². The van der Waals surface area contributed by atoms with Gasteiger partial charge in [-0.15, -0.1) is 0 Å². The Morgan fingerprint density at radius 2 is 1.53 bits per heavy atom. The largest absolute Gasteiger partial charge is 0.317 e. The van der Waals surface area contributed by atoms with Crippen molar-refractivity contribution in [3.8, 4) is 0 Å². The number of hydrogen-bond donors (Lipinski definition) is 1. The fourth-order valence-electron chi connectivity index (χ4n) is 3.50. The van der Waals surface area contributed by atoms with Crippen LogP contribution < -0.4 is 5.32 Å². The van der Waals surface area contributed by atoms with Crippen molar-refractivity contribution in [2.24, 2.45) is 17.8 Å². The molecule has 0 atom stereocenters. The Labute approximate surface area is 121 Å². The highest BCUT2D eigenvalue weighted by Gasteiger charge is 2.22. The third kappa shape index (κ3) is 6.76. The van der Waals surface area contributed by atoms with Gasteiger partial charge in [0, 0.05) is 6.54 Å². The molecule has 0 amide bonds. The van der Waals surface area contributed by atoms with E-state index in [1.807, 2.05) is 13.8 Å². The van der Waals surface area contributed by atoms with Crippen LogP contribution in [-0.2, 0) is 0 Å². The molecule has 2 saturated heterocycles. The van der Waals surface area contributed by atoms with Gasteiger partial charge in [0.2, 0.25) is 0 Å². The second-order valence-corrected chi connectivity index (χ2v) is 6.57. The summed E-state index contributed by atoms with van der Waals surface area (Å²) in [7, 11) is 0. The monoisotopic (exact) mass is 268 g/mol. The first kappa shape index (κ1) is 17.0. The third-order valence-corrected chi connectivity index (χ3v) is 4.49. The minimum atomic E-state index is 0.885. The predicted molar refractivity (Wildman–Crippen MR) is 85.6 cm³/mol. The standard InChI is InChI=1S/C15H30N2.C2H6/c1-13(2)11-14-5-9-17(10-6-14)12-15-3-7-16-8-4-15;1-2/h13-16H,3-12H2,1-2H3;1-2H3. The highest BCUT2D eigenvalue weighted by atomic mass is 15.1. The molecule has 2 fully saturated rings. The molecule has 2 aliphatic heterocycles. The quantitative estimate of drug-likeness (QED) is 0.835. The summed E-state index contributed by atoms with van der Waals surface area (Å²) in [6.45, 7) is 15.3. The lowest BCUT2D eigenvalue weighted by Gasteiger charge is -2.36. The van der Waals surface area contributed by atoms with Crippen LogP contribution in [0.1, 0.15) is 59.8 Å². The van der Waals surface area contributed by atoms with Gasteiger partial charge in [-0.1, -0.05) is 27.7 Å². The molecule has 0 aliphatic carbocycles. The van der Waals surface area contributed by atoms with Crippen molar-refractivity contribution in [1.29, 1.82) is 0 Å². The Morgan fingerprint density at radius 3 is 2.05 bits per heavy atom. The number of piperidine rings is 2. The van der Waals surface area contributed by atoms with Crippen molar-refractivity contribution in [3.63, 3.8) is 0 Å². The Hall–Kier alpha value is -0.0800. The maximum Gasteiger partial charge on any atom is 0.00106 e. The van der Waals surface area contributed by atoms with E-state index in [4.69, 9.17) is 0 Å². The van der Waals surface area contributed by atoms with Gasteiger partial charge in [0.05, 0.1) is 0 Å². The van der Waals surface area contributed by atoms with Gasteiger partial charge in [-0.3, -0.25) is 0 Å². The molecule has 0 saturated carbocycles. The molecule has 0 bridgehead atoms. The van der Waals surface area contributed by atoms with Crippen molar-refractivity contribution in [1.82, 2.24) is 10.2 Å². The Morgan fingerprint density at radius 1 is 0.947 bits per heavy atom. The molecule has 0 spiro atoms. The summed E-state index contributed by atoms with van der Waals surface area (Å²) in [5.74, 6) is 2.87.